The third-order valence-electron chi connectivity index (χ3n) is 4.61. The van der Waals surface area contributed by atoms with Crippen molar-refractivity contribution in [2.75, 3.05) is 10.0 Å². The Bertz CT molecular complexity index is 1350. The van der Waals surface area contributed by atoms with Crippen LogP contribution in [0.2, 0.25) is 0 Å². The minimum Gasteiger partial charge on any atom is -0.486 e. The van der Waals surface area contributed by atoms with Gasteiger partial charge in [-0.1, -0.05) is 0 Å². The van der Waals surface area contributed by atoms with Crippen LogP contribution in [0.15, 0.2) is 65.0 Å². The summed E-state index contributed by atoms with van der Waals surface area (Å²) in [5.41, 5.74) is 0.876. The number of aromatic nitrogens is 5. The van der Waals surface area contributed by atoms with Gasteiger partial charge in [-0.2, -0.15) is 0 Å². The van der Waals surface area contributed by atoms with E-state index in [1.165, 1.54) is 41.8 Å². The van der Waals surface area contributed by atoms with Crippen molar-refractivity contribution in [3.05, 3.63) is 71.5 Å². The normalized spacial score (nSPS) is 11.4. The van der Waals surface area contributed by atoms with E-state index >= 15 is 0 Å². The molecular weight excluding hydrogens is 478 g/mol. The van der Waals surface area contributed by atoms with E-state index in [0.29, 0.717) is 22.8 Å². The molecule has 4 aromatic rings. The van der Waals surface area contributed by atoms with Crippen LogP contribution in [0.25, 0.3) is 0 Å². The van der Waals surface area contributed by atoms with E-state index in [9.17, 15) is 13.2 Å². The summed E-state index contributed by atoms with van der Waals surface area (Å²) in [5.74, 6) is 0.827. The quantitative estimate of drug-likeness (QED) is 0.357. The second-order valence-electron chi connectivity index (χ2n) is 7.37. The topological polar surface area (TPSA) is 141 Å². The van der Waals surface area contributed by atoms with Crippen LogP contribution in [0.1, 0.15) is 36.1 Å². The highest BCUT2D eigenvalue weighted by Gasteiger charge is 2.16. The number of nitrogens with zero attached hydrogens (tertiary/aromatic N) is 5. The number of carbonyl (C=O) groups is 1. The predicted octanol–water partition coefficient (Wildman–Crippen LogP) is 3.34. The van der Waals surface area contributed by atoms with Crippen LogP contribution in [0.4, 0.5) is 10.8 Å². The summed E-state index contributed by atoms with van der Waals surface area (Å²) in [5, 5.41) is 16.2. The lowest BCUT2D eigenvalue weighted by Gasteiger charge is -2.10. The van der Waals surface area contributed by atoms with Gasteiger partial charge in [0.15, 0.2) is 11.0 Å². The molecule has 0 aliphatic carbocycles. The summed E-state index contributed by atoms with van der Waals surface area (Å²) in [6, 6.07) is 12.6. The molecular formula is C21H21N7O4S2. The Morgan fingerprint density at radius 2 is 1.85 bits per heavy atom. The summed E-state index contributed by atoms with van der Waals surface area (Å²) in [7, 11) is -3.76. The van der Waals surface area contributed by atoms with Gasteiger partial charge in [0.25, 0.3) is 15.9 Å². The number of benzene rings is 2. The van der Waals surface area contributed by atoms with Crippen LogP contribution in [0, 0.1) is 0 Å². The minimum atomic E-state index is -3.76. The van der Waals surface area contributed by atoms with Crippen LogP contribution in [-0.4, -0.2) is 39.5 Å². The number of amides is 1. The van der Waals surface area contributed by atoms with Crippen LogP contribution in [-0.2, 0) is 16.6 Å². The first-order valence-corrected chi connectivity index (χ1v) is 12.5. The number of nitrogens with one attached hydrogen (secondary N) is 2. The van der Waals surface area contributed by atoms with Crippen molar-refractivity contribution in [2.45, 2.75) is 31.4 Å². The number of tetrazole rings is 1. The highest BCUT2D eigenvalue weighted by atomic mass is 32.2. The highest BCUT2D eigenvalue weighted by Crippen LogP contribution is 2.20. The third kappa shape index (κ3) is 5.55. The van der Waals surface area contributed by atoms with Gasteiger partial charge >= 0.3 is 0 Å². The molecule has 13 heteroatoms. The molecule has 4 rings (SSSR count). The van der Waals surface area contributed by atoms with Crippen LogP contribution < -0.4 is 14.8 Å². The fourth-order valence-electron chi connectivity index (χ4n) is 2.93. The number of hydrogen-bond donors (Lipinski definition) is 2. The molecule has 2 aromatic heterocycles. The predicted molar refractivity (Wildman–Crippen MR) is 126 cm³/mol. The molecule has 0 aliphatic rings. The fourth-order valence-corrected chi connectivity index (χ4v) is 4.72. The van der Waals surface area contributed by atoms with Crippen molar-refractivity contribution in [1.82, 2.24) is 25.2 Å². The van der Waals surface area contributed by atoms with Gasteiger partial charge in [-0.3, -0.25) is 9.52 Å². The lowest BCUT2D eigenvalue weighted by atomic mass is 10.2. The van der Waals surface area contributed by atoms with E-state index < -0.39 is 10.0 Å². The Hall–Kier alpha value is -3.84. The maximum absolute atomic E-state index is 12.6. The fraction of sp³-hybridized carbons (Fsp3) is 0.190. The SMILES string of the molecule is CC(C)n1nnnc1COc1ccc(C(=O)Nc2ccc(S(=O)(=O)Nc3nccs3)cc2)cc1. The number of sulfonamides is 1. The van der Waals surface area contributed by atoms with Gasteiger partial charge in [0, 0.05) is 22.8 Å². The van der Waals surface area contributed by atoms with Crippen molar-refractivity contribution in [3.63, 3.8) is 0 Å². The van der Waals surface area contributed by atoms with E-state index in [-0.39, 0.29) is 28.6 Å². The van der Waals surface area contributed by atoms with Gasteiger partial charge in [-0.15, -0.1) is 16.4 Å². The standard InChI is InChI=1S/C21H21N7O4S2/c1-14(2)28-19(24-26-27-28)13-32-17-7-3-15(4-8-17)20(29)23-16-5-9-18(10-6-16)34(30,31)25-21-22-11-12-33-21/h3-12,14H,13H2,1-2H3,(H,22,25)(H,23,29). The van der Waals surface area contributed by atoms with E-state index in [2.05, 4.69) is 30.5 Å². The monoisotopic (exact) mass is 499 g/mol. The lowest BCUT2D eigenvalue weighted by Crippen LogP contribution is -2.14. The molecule has 0 radical (unpaired) electrons. The van der Waals surface area contributed by atoms with E-state index in [1.807, 2.05) is 13.8 Å². The highest BCUT2D eigenvalue weighted by molar-refractivity contribution is 7.93. The van der Waals surface area contributed by atoms with Crippen molar-refractivity contribution >= 4 is 38.1 Å². The smallest absolute Gasteiger partial charge is 0.263 e. The summed E-state index contributed by atoms with van der Waals surface area (Å²) < 4.78 is 34.6. The number of carbonyl (C=O) groups excluding carboxylic acids is 1. The van der Waals surface area contributed by atoms with Crippen molar-refractivity contribution in [2.24, 2.45) is 0 Å². The van der Waals surface area contributed by atoms with E-state index in [4.69, 9.17) is 4.74 Å². The number of ether oxygens (including phenoxy) is 1. The molecule has 0 spiro atoms. The molecule has 0 unspecified atom stereocenters. The average Bonchev–Trinajstić information content (AvgIpc) is 3.50. The van der Waals surface area contributed by atoms with Gasteiger partial charge in [-0.05, 0) is 72.8 Å². The Morgan fingerprint density at radius 3 is 2.50 bits per heavy atom. The zero-order chi connectivity index (χ0) is 24.1. The molecule has 176 valence electrons. The summed E-state index contributed by atoms with van der Waals surface area (Å²) in [4.78, 5) is 16.5. The first-order valence-electron chi connectivity index (χ1n) is 10.1. The second-order valence-corrected chi connectivity index (χ2v) is 9.94. The first kappa shape index (κ1) is 23.3. The van der Waals surface area contributed by atoms with Gasteiger partial charge in [-0.25, -0.2) is 18.1 Å². The van der Waals surface area contributed by atoms with Gasteiger partial charge < -0.3 is 10.1 Å². The molecule has 34 heavy (non-hydrogen) atoms. The molecule has 11 nitrogen and oxygen atoms in total. The third-order valence-corrected chi connectivity index (χ3v) is 6.78. The molecule has 2 heterocycles. The van der Waals surface area contributed by atoms with Crippen molar-refractivity contribution in [3.8, 4) is 5.75 Å². The van der Waals surface area contributed by atoms with Gasteiger partial charge in [0.1, 0.15) is 12.4 Å². The molecule has 0 atom stereocenters. The zero-order valence-electron chi connectivity index (χ0n) is 18.2. The molecule has 0 saturated heterocycles. The first-order chi connectivity index (χ1) is 16.3. The van der Waals surface area contributed by atoms with Gasteiger partial charge in [0.05, 0.1) is 10.9 Å². The molecule has 0 aliphatic heterocycles. The Labute approximate surface area is 199 Å². The molecule has 0 saturated carbocycles. The molecule has 0 bridgehead atoms. The average molecular weight is 500 g/mol. The zero-order valence-corrected chi connectivity index (χ0v) is 19.9. The Balaban J connectivity index is 1.35. The number of thiazole rings is 1. The summed E-state index contributed by atoms with van der Waals surface area (Å²) >= 11 is 1.18. The van der Waals surface area contributed by atoms with E-state index in [0.717, 1.165) is 0 Å². The van der Waals surface area contributed by atoms with Crippen molar-refractivity contribution < 1.29 is 17.9 Å². The maximum Gasteiger partial charge on any atom is 0.263 e. The lowest BCUT2D eigenvalue weighted by molar-refractivity contribution is 0.102. The Morgan fingerprint density at radius 1 is 1.12 bits per heavy atom. The molecule has 0 fully saturated rings. The largest absolute Gasteiger partial charge is 0.486 e. The number of anilines is 2. The number of hydrogen-bond acceptors (Lipinski definition) is 9. The van der Waals surface area contributed by atoms with Crippen LogP contribution in [0.3, 0.4) is 0 Å². The van der Waals surface area contributed by atoms with Crippen LogP contribution >= 0.6 is 11.3 Å². The van der Waals surface area contributed by atoms with E-state index in [1.54, 1.807) is 34.3 Å². The maximum atomic E-state index is 12.6. The Kier molecular flexibility index (Phi) is 6.84. The molecule has 1 amide bonds. The second kappa shape index (κ2) is 9.97. The summed E-state index contributed by atoms with van der Waals surface area (Å²) in [6.45, 7) is 4.14. The van der Waals surface area contributed by atoms with Crippen LogP contribution in [0.5, 0.6) is 5.75 Å². The number of rotatable bonds is 9. The summed E-state index contributed by atoms with van der Waals surface area (Å²) in [6.07, 6.45) is 1.51. The molecule has 2 aromatic carbocycles. The molecule has 2 N–H and O–H groups in total. The van der Waals surface area contributed by atoms with Gasteiger partial charge in [0.2, 0.25) is 0 Å². The van der Waals surface area contributed by atoms with Crippen molar-refractivity contribution in [1.29, 1.82) is 0 Å². The minimum absolute atomic E-state index is 0.0608.